The van der Waals surface area contributed by atoms with Gasteiger partial charge in [0.05, 0.1) is 5.92 Å². The zero-order chi connectivity index (χ0) is 19.3. The minimum absolute atomic E-state index is 0.0167. The Bertz CT molecular complexity index is 609. The summed E-state index contributed by atoms with van der Waals surface area (Å²) < 4.78 is 0. The van der Waals surface area contributed by atoms with Gasteiger partial charge >= 0.3 is 0 Å². The SMILES string of the molecule is CC(C)[C@H](NC(=O)C12CC3CC(CC(C3)C1)C2)C(=O)N1CC[C@@H](C(N)=O)C1. The molecule has 150 valence electrons. The van der Waals surface area contributed by atoms with Crippen LogP contribution in [0.1, 0.15) is 58.8 Å². The molecule has 0 spiro atoms. The van der Waals surface area contributed by atoms with E-state index in [4.69, 9.17) is 5.73 Å². The first-order chi connectivity index (χ1) is 12.8. The number of carbonyl (C=O) groups is 3. The molecular weight excluding hydrogens is 342 g/mol. The average Bonchev–Trinajstić information content (AvgIpc) is 3.07. The van der Waals surface area contributed by atoms with E-state index in [1.165, 1.54) is 19.3 Å². The molecule has 5 fully saturated rings. The minimum Gasteiger partial charge on any atom is -0.369 e. The van der Waals surface area contributed by atoms with Gasteiger partial charge in [0.2, 0.25) is 17.7 Å². The number of primary amides is 1. The van der Waals surface area contributed by atoms with Gasteiger partial charge < -0.3 is 16.0 Å². The van der Waals surface area contributed by atoms with Crippen molar-refractivity contribution < 1.29 is 14.4 Å². The van der Waals surface area contributed by atoms with Crippen molar-refractivity contribution in [2.75, 3.05) is 13.1 Å². The second-order valence-electron chi connectivity index (χ2n) is 10.1. The lowest BCUT2D eigenvalue weighted by molar-refractivity contribution is -0.150. The fourth-order valence-electron chi connectivity index (χ4n) is 6.59. The molecule has 4 aliphatic carbocycles. The molecule has 27 heavy (non-hydrogen) atoms. The number of amides is 3. The van der Waals surface area contributed by atoms with Crippen molar-refractivity contribution >= 4 is 17.7 Å². The number of nitrogens with one attached hydrogen (secondary N) is 1. The van der Waals surface area contributed by atoms with Crippen molar-refractivity contribution in [3.05, 3.63) is 0 Å². The molecule has 1 heterocycles. The Morgan fingerprint density at radius 1 is 1.04 bits per heavy atom. The molecule has 0 unspecified atom stereocenters. The van der Waals surface area contributed by atoms with Gasteiger partial charge in [0, 0.05) is 18.5 Å². The Kier molecular flexibility index (Phi) is 4.71. The van der Waals surface area contributed by atoms with Gasteiger partial charge in [0.1, 0.15) is 6.04 Å². The summed E-state index contributed by atoms with van der Waals surface area (Å²) in [6, 6.07) is -0.517. The van der Waals surface area contributed by atoms with Crippen LogP contribution >= 0.6 is 0 Å². The quantitative estimate of drug-likeness (QED) is 0.766. The van der Waals surface area contributed by atoms with Gasteiger partial charge in [-0.3, -0.25) is 14.4 Å². The molecule has 4 bridgehead atoms. The van der Waals surface area contributed by atoms with Crippen LogP contribution < -0.4 is 11.1 Å². The van der Waals surface area contributed by atoms with E-state index in [0.29, 0.717) is 37.3 Å². The van der Waals surface area contributed by atoms with Gasteiger partial charge in [0.15, 0.2) is 0 Å². The Morgan fingerprint density at radius 3 is 2.04 bits per heavy atom. The molecule has 3 amide bonds. The summed E-state index contributed by atoms with van der Waals surface area (Å²) in [6.45, 7) is 4.88. The molecule has 0 aromatic carbocycles. The Hall–Kier alpha value is -1.59. The molecule has 5 aliphatic rings. The number of hydrogen-bond donors (Lipinski definition) is 2. The van der Waals surface area contributed by atoms with Crippen LogP contribution in [-0.4, -0.2) is 41.8 Å². The lowest BCUT2D eigenvalue weighted by Crippen LogP contribution is -2.58. The van der Waals surface area contributed by atoms with Crippen molar-refractivity contribution in [3.8, 4) is 0 Å². The van der Waals surface area contributed by atoms with E-state index in [1.807, 2.05) is 13.8 Å². The van der Waals surface area contributed by atoms with E-state index >= 15 is 0 Å². The van der Waals surface area contributed by atoms with Crippen LogP contribution in [0.15, 0.2) is 0 Å². The predicted molar refractivity (Wildman–Crippen MR) is 101 cm³/mol. The maximum absolute atomic E-state index is 13.3. The highest BCUT2D eigenvalue weighted by Gasteiger charge is 2.55. The van der Waals surface area contributed by atoms with Gasteiger partial charge in [-0.1, -0.05) is 13.8 Å². The molecule has 0 aromatic rings. The number of nitrogens with two attached hydrogens (primary N) is 1. The Morgan fingerprint density at radius 2 is 1.59 bits per heavy atom. The smallest absolute Gasteiger partial charge is 0.245 e. The number of hydrogen-bond acceptors (Lipinski definition) is 3. The standard InChI is InChI=1S/C21H33N3O3/c1-12(2)17(19(26)24-4-3-16(11-24)18(22)25)23-20(27)21-8-13-5-14(9-21)7-15(6-13)10-21/h12-17H,3-11H2,1-2H3,(H2,22,25)(H,23,27)/t13?,14?,15?,16-,17+,21?/m1/s1. The van der Waals surface area contributed by atoms with Crippen LogP contribution in [0.4, 0.5) is 0 Å². The molecule has 0 aromatic heterocycles. The van der Waals surface area contributed by atoms with Crippen molar-refractivity contribution in [1.82, 2.24) is 10.2 Å². The average molecular weight is 376 g/mol. The number of carbonyl (C=O) groups excluding carboxylic acids is 3. The maximum atomic E-state index is 13.3. The first-order valence-electron chi connectivity index (χ1n) is 10.7. The third-order valence-electron chi connectivity index (χ3n) is 7.64. The van der Waals surface area contributed by atoms with Crippen LogP contribution in [0.2, 0.25) is 0 Å². The second kappa shape index (κ2) is 6.78. The molecule has 5 rings (SSSR count). The lowest BCUT2D eigenvalue weighted by Gasteiger charge is -2.56. The molecular formula is C21H33N3O3. The van der Waals surface area contributed by atoms with Crippen LogP contribution in [0, 0.1) is 35.0 Å². The van der Waals surface area contributed by atoms with E-state index in [1.54, 1.807) is 4.90 Å². The van der Waals surface area contributed by atoms with Crippen LogP contribution in [0.25, 0.3) is 0 Å². The van der Waals surface area contributed by atoms with Crippen molar-refractivity contribution in [2.45, 2.75) is 64.8 Å². The minimum atomic E-state index is -0.517. The largest absolute Gasteiger partial charge is 0.369 e. The van der Waals surface area contributed by atoms with E-state index in [9.17, 15) is 14.4 Å². The Labute approximate surface area is 161 Å². The van der Waals surface area contributed by atoms with Crippen LogP contribution in [0.3, 0.4) is 0 Å². The zero-order valence-corrected chi connectivity index (χ0v) is 16.6. The number of likely N-dealkylation sites (tertiary alicyclic amines) is 1. The highest BCUT2D eigenvalue weighted by atomic mass is 16.2. The summed E-state index contributed by atoms with van der Waals surface area (Å²) in [5.41, 5.74) is 5.15. The fourth-order valence-corrected chi connectivity index (χ4v) is 6.59. The monoisotopic (exact) mass is 375 g/mol. The van der Waals surface area contributed by atoms with Gasteiger partial charge in [-0.25, -0.2) is 0 Å². The first-order valence-corrected chi connectivity index (χ1v) is 10.7. The van der Waals surface area contributed by atoms with Crippen molar-refractivity contribution in [1.29, 1.82) is 0 Å². The van der Waals surface area contributed by atoms with Crippen LogP contribution in [0.5, 0.6) is 0 Å². The van der Waals surface area contributed by atoms with Gasteiger partial charge in [-0.2, -0.15) is 0 Å². The Balaban J connectivity index is 1.45. The summed E-state index contributed by atoms with van der Waals surface area (Å²) in [4.78, 5) is 39.6. The highest BCUT2D eigenvalue weighted by molar-refractivity contribution is 5.91. The maximum Gasteiger partial charge on any atom is 0.245 e. The lowest BCUT2D eigenvalue weighted by atomic mass is 9.49. The molecule has 2 atom stereocenters. The van der Waals surface area contributed by atoms with Gasteiger partial charge in [-0.15, -0.1) is 0 Å². The van der Waals surface area contributed by atoms with E-state index in [2.05, 4.69) is 5.32 Å². The molecule has 3 N–H and O–H groups in total. The molecule has 6 nitrogen and oxygen atoms in total. The predicted octanol–water partition coefficient (Wildman–Crippen LogP) is 1.68. The van der Waals surface area contributed by atoms with E-state index in [-0.39, 0.29) is 35.0 Å². The molecule has 1 aliphatic heterocycles. The normalized spacial score (nSPS) is 38.3. The summed E-state index contributed by atoms with van der Waals surface area (Å²) in [6.07, 6.45) is 7.49. The highest BCUT2D eigenvalue weighted by Crippen LogP contribution is 2.60. The summed E-state index contributed by atoms with van der Waals surface area (Å²) in [5.74, 6) is 1.54. The topological polar surface area (TPSA) is 92.5 Å². The fraction of sp³-hybridized carbons (Fsp3) is 0.857. The van der Waals surface area contributed by atoms with Crippen molar-refractivity contribution in [2.24, 2.45) is 40.7 Å². The number of rotatable bonds is 5. The molecule has 0 radical (unpaired) electrons. The van der Waals surface area contributed by atoms with Gasteiger partial charge in [-0.05, 0) is 68.6 Å². The van der Waals surface area contributed by atoms with E-state index in [0.717, 1.165) is 19.3 Å². The molecule has 6 heteroatoms. The second-order valence-corrected chi connectivity index (χ2v) is 10.1. The third kappa shape index (κ3) is 3.36. The van der Waals surface area contributed by atoms with Crippen molar-refractivity contribution in [3.63, 3.8) is 0 Å². The van der Waals surface area contributed by atoms with Gasteiger partial charge in [0.25, 0.3) is 0 Å². The molecule has 4 saturated carbocycles. The number of nitrogens with zero attached hydrogens (tertiary/aromatic N) is 1. The summed E-state index contributed by atoms with van der Waals surface area (Å²) in [5, 5.41) is 3.15. The summed E-state index contributed by atoms with van der Waals surface area (Å²) in [7, 11) is 0. The third-order valence-corrected chi connectivity index (χ3v) is 7.64. The first kappa shape index (κ1) is 18.8. The zero-order valence-electron chi connectivity index (χ0n) is 16.6. The van der Waals surface area contributed by atoms with Crippen LogP contribution in [-0.2, 0) is 14.4 Å². The molecule has 1 saturated heterocycles. The van der Waals surface area contributed by atoms with E-state index < -0.39 is 6.04 Å². The summed E-state index contributed by atoms with van der Waals surface area (Å²) >= 11 is 0.